The lowest BCUT2D eigenvalue weighted by atomic mass is 9.95. The molecule has 22 heavy (non-hydrogen) atoms. The van der Waals surface area contributed by atoms with Crippen molar-refractivity contribution < 1.29 is 23.7 Å². The Hall–Kier alpha value is -2.40. The third kappa shape index (κ3) is 1.97. The molecule has 5 heteroatoms. The third-order valence-electron chi connectivity index (χ3n) is 4.01. The minimum atomic E-state index is 0.262. The van der Waals surface area contributed by atoms with E-state index in [1.54, 1.807) is 14.2 Å². The summed E-state index contributed by atoms with van der Waals surface area (Å²) >= 11 is 0. The summed E-state index contributed by atoms with van der Waals surface area (Å²) in [6, 6.07) is 7.96. The average Bonchev–Trinajstić information content (AvgIpc) is 2.93. The van der Waals surface area contributed by atoms with Gasteiger partial charge >= 0.3 is 0 Å². The van der Waals surface area contributed by atoms with Gasteiger partial charge in [-0.05, 0) is 46.5 Å². The zero-order valence-electron chi connectivity index (χ0n) is 12.5. The zero-order valence-corrected chi connectivity index (χ0v) is 12.5. The van der Waals surface area contributed by atoms with Crippen LogP contribution in [-0.2, 0) is 18.0 Å². The maximum Gasteiger partial charge on any atom is 0.231 e. The Morgan fingerprint density at radius 2 is 1.36 bits per heavy atom. The van der Waals surface area contributed by atoms with Crippen molar-refractivity contribution in [3.05, 3.63) is 35.4 Å². The molecule has 0 bridgehead atoms. The molecule has 0 spiro atoms. The van der Waals surface area contributed by atoms with Gasteiger partial charge in [0.15, 0.2) is 23.0 Å². The molecule has 0 fully saturated rings. The maximum atomic E-state index is 5.79. The topological polar surface area (TPSA) is 46.2 Å². The van der Waals surface area contributed by atoms with Crippen molar-refractivity contribution in [2.24, 2.45) is 0 Å². The molecule has 2 aliphatic heterocycles. The molecule has 0 saturated carbocycles. The SMILES string of the molecule is COc1cc2c(cc1OC)-c1cc3c(cc1COC2)OCO3. The van der Waals surface area contributed by atoms with Crippen molar-refractivity contribution in [2.45, 2.75) is 13.2 Å². The molecule has 0 N–H and O–H groups in total. The van der Waals surface area contributed by atoms with Gasteiger partial charge in [0.25, 0.3) is 0 Å². The highest BCUT2D eigenvalue weighted by Gasteiger charge is 2.23. The third-order valence-corrected chi connectivity index (χ3v) is 4.01. The number of ether oxygens (including phenoxy) is 5. The van der Waals surface area contributed by atoms with Crippen LogP contribution in [0.15, 0.2) is 24.3 Å². The van der Waals surface area contributed by atoms with E-state index in [0.29, 0.717) is 24.7 Å². The van der Waals surface area contributed by atoms with Crippen molar-refractivity contribution in [1.82, 2.24) is 0 Å². The fourth-order valence-corrected chi connectivity index (χ4v) is 2.92. The van der Waals surface area contributed by atoms with Crippen LogP contribution in [0.1, 0.15) is 11.1 Å². The molecule has 0 saturated heterocycles. The Kier molecular flexibility index (Phi) is 3.08. The van der Waals surface area contributed by atoms with Crippen molar-refractivity contribution in [2.75, 3.05) is 21.0 Å². The van der Waals surface area contributed by atoms with Crippen molar-refractivity contribution in [3.63, 3.8) is 0 Å². The molecule has 5 nitrogen and oxygen atoms in total. The average molecular weight is 300 g/mol. The van der Waals surface area contributed by atoms with E-state index in [4.69, 9.17) is 23.7 Å². The molecule has 0 radical (unpaired) electrons. The van der Waals surface area contributed by atoms with Crippen molar-refractivity contribution in [3.8, 4) is 34.1 Å². The van der Waals surface area contributed by atoms with E-state index in [9.17, 15) is 0 Å². The van der Waals surface area contributed by atoms with Gasteiger partial charge in [0, 0.05) is 0 Å². The molecule has 0 aromatic heterocycles. The van der Waals surface area contributed by atoms with Gasteiger partial charge in [0.1, 0.15) is 0 Å². The number of fused-ring (bicyclic) bond motifs is 4. The number of rotatable bonds is 2. The first-order valence-corrected chi connectivity index (χ1v) is 7.05. The van der Waals surface area contributed by atoms with Gasteiger partial charge in [0.05, 0.1) is 27.4 Å². The summed E-state index contributed by atoms with van der Waals surface area (Å²) in [5.74, 6) is 2.94. The van der Waals surface area contributed by atoms with E-state index in [0.717, 1.165) is 33.8 Å². The molecule has 2 aromatic rings. The lowest BCUT2D eigenvalue weighted by Gasteiger charge is -2.14. The van der Waals surface area contributed by atoms with E-state index < -0.39 is 0 Å². The molecule has 2 aliphatic rings. The van der Waals surface area contributed by atoms with Crippen LogP contribution in [0.5, 0.6) is 23.0 Å². The minimum Gasteiger partial charge on any atom is -0.493 e. The van der Waals surface area contributed by atoms with Gasteiger partial charge in [-0.1, -0.05) is 0 Å². The summed E-state index contributed by atoms with van der Waals surface area (Å²) in [4.78, 5) is 0. The van der Waals surface area contributed by atoms with Crippen LogP contribution >= 0.6 is 0 Å². The van der Waals surface area contributed by atoms with Crippen LogP contribution in [0.3, 0.4) is 0 Å². The molecule has 2 aromatic carbocycles. The van der Waals surface area contributed by atoms with Gasteiger partial charge in [0.2, 0.25) is 6.79 Å². The second kappa shape index (κ2) is 5.10. The van der Waals surface area contributed by atoms with Crippen LogP contribution in [0.2, 0.25) is 0 Å². The van der Waals surface area contributed by atoms with E-state index in [-0.39, 0.29) is 6.79 Å². The molecule has 0 unspecified atom stereocenters. The molecular formula is C17H16O5. The largest absolute Gasteiger partial charge is 0.493 e. The lowest BCUT2D eigenvalue weighted by molar-refractivity contribution is 0.109. The standard InChI is InChI=1S/C17H16O5/c1-18-14-3-10-7-20-8-11-4-16-17(22-9-21-16)6-13(11)12(10)5-15(14)19-2/h3-6H,7-9H2,1-2H3. The molecule has 4 rings (SSSR count). The molecular weight excluding hydrogens is 284 g/mol. The Labute approximate surface area is 128 Å². The van der Waals surface area contributed by atoms with E-state index in [2.05, 4.69) is 0 Å². The first-order valence-electron chi connectivity index (χ1n) is 7.05. The van der Waals surface area contributed by atoms with E-state index >= 15 is 0 Å². The Morgan fingerprint density at radius 1 is 0.773 bits per heavy atom. The monoisotopic (exact) mass is 300 g/mol. The lowest BCUT2D eigenvalue weighted by Crippen LogP contribution is -1.96. The highest BCUT2D eigenvalue weighted by Crippen LogP contribution is 2.44. The fraction of sp³-hybridized carbons (Fsp3) is 0.294. The second-order valence-corrected chi connectivity index (χ2v) is 5.22. The molecule has 114 valence electrons. The summed E-state index contributed by atoms with van der Waals surface area (Å²) in [5.41, 5.74) is 4.30. The summed E-state index contributed by atoms with van der Waals surface area (Å²) in [5, 5.41) is 0. The number of hydrogen-bond acceptors (Lipinski definition) is 5. The van der Waals surface area contributed by atoms with Gasteiger partial charge in [-0.3, -0.25) is 0 Å². The van der Waals surface area contributed by atoms with Crippen LogP contribution in [0.4, 0.5) is 0 Å². The summed E-state index contributed by atoms with van der Waals surface area (Å²) < 4.78 is 27.6. The summed E-state index contributed by atoms with van der Waals surface area (Å²) in [7, 11) is 3.27. The van der Waals surface area contributed by atoms with E-state index in [1.165, 1.54) is 0 Å². The molecule has 0 amide bonds. The van der Waals surface area contributed by atoms with Crippen molar-refractivity contribution in [1.29, 1.82) is 0 Å². The Morgan fingerprint density at radius 3 is 2.09 bits per heavy atom. The van der Waals surface area contributed by atoms with Gasteiger partial charge in [-0.15, -0.1) is 0 Å². The van der Waals surface area contributed by atoms with Crippen LogP contribution in [0.25, 0.3) is 11.1 Å². The molecule has 0 atom stereocenters. The summed E-state index contributed by atoms with van der Waals surface area (Å²) in [6.07, 6.45) is 0. The van der Waals surface area contributed by atoms with Crippen molar-refractivity contribution >= 4 is 0 Å². The number of benzene rings is 2. The quantitative estimate of drug-likeness (QED) is 0.852. The first kappa shape index (κ1) is 13.3. The fourth-order valence-electron chi connectivity index (χ4n) is 2.92. The number of methoxy groups -OCH3 is 2. The maximum absolute atomic E-state index is 5.79. The first-order chi connectivity index (χ1) is 10.8. The van der Waals surface area contributed by atoms with Gasteiger partial charge in [-0.25, -0.2) is 0 Å². The van der Waals surface area contributed by atoms with Crippen LogP contribution < -0.4 is 18.9 Å². The normalized spacial score (nSPS) is 14.8. The molecule has 0 aliphatic carbocycles. The van der Waals surface area contributed by atoms with Crippen LogP contribution in [0, 0.1) is 0 Å². The predicted octanol–water partition coefficient (Wildman–Crippen LogP) is 3.13. The number of hydrogen-bond donors (Lipinski definition) is 0. The minimum absolute atomic E-state index is 0.262. The Bertz CT molecular complexity index is 738. The van der Waals surface area contributed by atoms with Crippen LogP contribution in [-0.4, -0.2) is 21.0 Å². The van der Waals surface area contributed by atoms with Gasteiger partial charge < -0.3 is 23.7 Å². The predicted molar refractivity (Wildman–Crippen MR) is 79.6 cm³/mol. The van der Waals surface area contributed by atoms with E-state index in [1.807, 2.05) is 24.3 Å². The summed E-state index contributed by atoms with van der Waals surface area (Å²) in [6.45, 7) is 1.32. The van der Waals surface area contributed by atoms with Gasteiger partial charge in [-0.2, -0.15) is 0 Å². The highest BCUT2D eigenvalue weighted by molar-refractivity contribution is 5.77. The zero-order chi connectivity index (χ0) is 15.1. The smallest absolute Gasteiger partial charge is 0.231 e. The molecule has 2 heterocycles. The second-order valence-electron chi connectivity index (χ2n) is 5.22. The highest BCUT2D eigenvalue weighted by atomic mass is 16.7. The Balaban J connectivity index is 1.93.